The van der Waals surface area contributed by atoms with Crippen LogP contribution in [0.15, 0.2) is 12.1 Å². The molecule has 1 nitrogen and oxygen atoms in total. The summed E-state index contributed by atoms with van der Waals surface area (Å²) >= 11 is 5.76. The number of hydrogen-bond donors (Lipinski definition) is 1. The van der Waals surface area contributed by atoms with Crippen molar-refractivity contribution in [3.63, 3.8) is 0 Å². The van der Waals surface area contributed by atoms with Crippen molar-refractivity contribution in [3.8, 4) is 0 Å². The summed E-state index contributed by atoms with van der Waals surface area (Å²) in [5.74, 6) is -0.396. The summed E-state index contributed by atoms with van der Waals surface area (Å²) in [6.07, 6.45) is 0. The summed E-state index contributed by atoms with van der Waals surface area (Å²) in [4.78, 5) is 0. The monoisotopic (exact) mass is 201 g/mol. The minimum absolute atomic E-state index is 0.163. The normalized spacial score (nSPS) is 11.8. The van der Waals surface area contributed by atoms with Crippen LogP contribution in [0.3, 0.4) is 0 Å². The number of hydrogen-bond acceptors (Lipinski definition) is 1. The largest absolute Gasteiger partial charge is 0.322 e. The third kappa shape index (κ3) is 2.01. The lowest BCUT2D eigenvalue weighted by molar-refractivity contribution is 0.546. The SMILES string of the molecule is Cc1c(C(C)(C)N)ccc(F)c1Cl. The van der Waals surface area contributed by atoms with E-state index in [1.54, 1.807) is 13.0 Å². The highest BCUT2D eigenvalue weighted by molar-refractivity contribution is 6.31. The van der Waals surface area contributed by atoms with E-state index in [4.69, 9.17) is 17.3 Å². The van der Waals surface area contributed by atoms with Gasteiger partial charge in [-0.15, -0.1) is 0 Å². The molecule has 0 radical (unpaired) electrons. The lowest BCUT2D eigenvalue weighted by Gasteiger charge is -2.22. The fourth-order valence-corrected chi connectivity index (χ4v) is 1.51. The lowest BCUT2D eigenvalue weighted by Crippen LogP contribution is -2.29. The Labute approximate surface area is 82.7 Å². The highest BCUT2D eigenvalue weighted by Crippen LogP contribution is 2.28. The molecule has 0 aliphatic heterocycles. The van der Waals surface area contributed by atoms with Crippen LogP contribution >= 0.6 is 11.6 Å². The molecule has 13 heavy (non-hydrogen) atoms. The first kappa shape index (κ1) is 10.5. The van der Waals surface area contributed by atoms with Crippen molar-refractivity contribution in [2.24, 2.45) is 5.73 Å². The molecule has 0 saturated heterocycles. The Kier molecular flexibility index (Phi) is 2.64. The van der Waals surface area contributed by atoms with Crippen molar-refractivity contribution in [1.82, 2.24) is 0 Å². The minimum atomic E-state index is -0.485. The van der Waals surface area contributed by atoms with Gasteiger partial charge in [-0.05, 0) is 38.0 Å². The molecule has 0 aromatic heterocycles. The smallest absolute Gasteiger partial charge is 0.142 e. The van der Waals surface area contributed by atoms with Crippen LogP contribution in [0.5, 0.6) is 0 Å². The first-order valence-electron chi connectivity index (χ1n) is 4.08. The van der Waals surface area contributed by atoms with Crippen molar-refractivity contribution < 1.29 is 4.39 Å². The zero-order chi connectivity index (χ0) is 10.2. The topological polar surface area (TPSA) is 26.0 Å². The van der Waals surface area contributed by atoms with Crippen LogP contribution in [-0.2, 0) is 5.54 Å². The van der Waals surface area contributed by atoms with Gasteiger partial charge in [-0.3, -0.25) is 0 Å². The van der Waals surface area contributed by atoms with Gasteiger partial charge in [0.25, 0.3) is 0 Å². The maximum atomic E-state index is 13.0. The first-order valence-corrected chi connectivity index (χ1v) is 4.46. The predicted molar refractivity (Wildman–Crippen MR) is 53.4 cm³/mol. The molecule has 0 spiro atoms. The highest BCUT2D eigenvalue weighted by Gasteiger charge is 2.19. The first-order chi connectivity index (χ1) is 5.84. The van der Waals surface area contributed by atoms with Gasteiger partial charge in [-0.25, -0.2) is 4.39 Å². The van der Waals surface area contributed by atoms with Crippen LogP contribution in [0.25, 0.3) is 0 Å². The molecular weight excluding hydrogens is 189 g/mol. The van der Waals surface area contributed by atoms with Crippen molar-refractivity contribution in [2.75, 3.05) is 0 Å². The van der Waals surface area contributed by atoms with E-state index in [1.807, 2.05) is 13.8 Å². The van der Waals surface area contributed by atoms with Crippen molar-refractivity contribution in [1.29, 1.82) is 0 Å². The van der Waals surface area contributed by atoms with Crippen LogP contribution in [0, 0.1) is 12.7 Å². The number of nitrogens with two attached hydrogens (primary N) is 1. The van der Waals surface area contributed by atoms with Crippen LogP contribution in [0.4, 0.5) is 4.39 Å². The maximum absolute atomic E-state index is 13.0. The molecule has 1 aromatic carbocycles. The fourth-order valence-electron chi connectivity index (χ4n) is 1.35. The minimum Gasteiger partial charge on any atom is -0.322 e. The second-order valence-electron chi connectivity index (χ2n) is 3.76. The number of rotatable bonds is 1. The summed E-state index contributed by atoms with van der Waals surface area (Å²) in [5.41, 5.74) is 7.00. The van der Waals surface area contributed by atoms with Gasteiger partial charge in [0.1, 0.15) is 5.82 Å². The van der Waals surface area contributed by atoms with E-state index in [9.17, 15) is 4.39 Å². The quantitative estimate of drug-likeness (QED) is 0.743. The van der Waals surface area contributed by atoms with Gasteiger partial charge in [0.2, 0.25) is 0 Å². The van der Waals surface area contributed by atoms with E-state index in [-0.39, 0.29) is 5.02 Å². The molecule has 0 aliphatic carbocycles. The van der Waals surface area contributed by atoms with Crippen molar-refractivity contribution in [3.05, 3.63) is 34.1 Å². The van der Waals surface area contributed by atoms with Crippen LogP contribution < -0.4 is 5.73 Å². The molecule has 72 valence electrons. The molecule has 0 saturated carbocycles. The van der Waals surface area contributed by atoms with E-state index in [2.05, 4.69) is 0 Å². The second-order valence-corrected chi connectivity index (χ2v) is 4.13. The molecule has 1 rings (SSSR count). The standard InChI is InChI=1S/C10H13ClFN/c1-6-7(10(2,3)13)4-5-8(12)9(6)11/h4-5H,13H2,1-3H3. The number of benzene rings is 1. The van der Waals surface area contributed by atoms with Gasteiger partial charge in [0, 0.05) is 5.54 Å². The van der Waals surface area contributed by atoms with Gasteiger partial charge >= 0.3 is 0 Å². The zero-order valence-corrected chi connectivity index (χ0v) is 8.74. The van der Waals surface area contributed by atoms with E-state index in [0.717, 1.165) is 5.56 Å². The summed E-state index contributed by atoms with van der Waals surface area (Å²) in [6.45, 7) is 5.50. The molecule has 3 heteroatoms. The van der Waals surface area contributed by atoms with Crippen molar-refractivity contribution >= 4 is 11.6 Å². The molecule has 2 N–H and O–H groups in total. The van der Waals surface area contributed by atoms with Gasteiger partial charge in [-0.2, -0.15) is 0 Å². The van der Waals surface area contributed by atoms with Crippen molar-refractivity contribution in [2.45, 2.75) is 26.3 Å². The Hall–Kier alpha value is -0.600. The van der Waals surface area contributed by atoms with E-state index >= 15 is 0 Å². The van der Waals surface area contributed by atoms with Gasteiger partial charge in [-0.1, -0.05) is 17.7 Å². The Morgan fingerprint density at radius 1 is 1.38 bits per heavy atom. The Balaban J connectivity index is 3.35. The summed E-state index contributed by atoms with van der Waals surface area (Å²) in [5, 5.41) is 0.163. The van der Waals surface area contributed by atoms with Gasteiger partial charge in [0.15, 0.2) is 0 Å². The van der Waals surface area contributed by atoms with E-state index in [1.165, 1.54) is 6.07 Å². The summed E-state index contributed by atoms with van der Waals surface area (Å²) in [7, 11) is 0. The molecule has 1 aromatic rings. The van der Waals surface area contributed by atoms with E-state index in [0.29, 0.717) is 5.56 Å². The predicted octanol–water partition coefficient (Wildman–Crippen LogP) is 2.98. The highest BCUT2D eigenvalue weighted by atomic mass is 35.5. The average Bonchev–Trinajstić information content (AvgIpc) is 1.98. The summed E-state index contributed by atoms with van der Waals surface area (Å²) < 4.78 is 13.0. The van der Waals surface area contributed by atoms with Gasteiger partial charge < -0.3 is 5.73 Å². The lowest BCUT2D eigenvalue weighted by atomic mass is 9.91. The molecule has 0 atom stereocenters. The zero-order valence-electron chi connectivity index (χ0n) is 7.99. The Morgan fingerprint density at radius 2 is 1.92 bits per heavy atom. The molecule has 0 fully saturated rings. The van der Waals surface area contributed by atoms with Crippen LogP contribution in [-0.4, -0.2) is 0 Å². The Bertz CT molecular complexity index is 328. The molecule has 0 bridgehead atoms. The molecule has 0 unspecified atom stereocenters. The second kappa shape index (κ2) is 3.28. The molecule has 0 aliphatic rings. The third-order valence-electron chi connectivity index (χ3n) is 2.03. The third-order valence-corrected chi connectivity index (χ3v) is 2.50. The Morgan fingerprint density at radius 3 is 2.38 bits per heavy atom. The van der Waals surface area contributed by atoms with Crippen LogP contribution in [0.2, 0.25) is 5.02 Å². The van der Waals surface area contributed by atoms with E-state index < -0.39 is 11.4 Å². The molecular formula is C10H13ClFN. The maximum Gasteiger partial charge on any atom is 0.142 e. The summed E-state index contributed by atoms with van der Waals surface area (Å²) in [6, 6.07) is 3.02. The average molecular weight is 202 g/mol. The van der Waals surface area contributed by atoms with Crippen LogP contribution in [0.1, 0.15) is 25.0 Å². The molecule has 0 heterocycles. The molecule has 0 amide bonds. The van der Waals surface area contributed by atoms with Gasteiger partial charge in [0.05, 0.1) is 5.02 Å². The fraction of sp³-hybridized carbons (Fsp3) is 0.400. The number of halogens is 2.